The Morgan fingerprint density at radius 2 is 1.76 bits per heavy atom. The van der Waals surface area contributed by atoms with Crippen molar-refractivity contribution >= 4 is 5.97 Å². The average molecular weight is 235 g/mol. The summed E-state index contributed by atoms with van der Waals surface area (Å²) in [6.07, 6.45) is 0.545. The van der Waals surface area contributed by atoms with Gasteiger partial charge in [-0.1, -0.05) is 24.6 Å². The number of aliphatic carboxylic acids is 1. The highest BCUT2D eigenvalue weighted by Crippen LogP contribution is 2.28. The second-order valence-electron chi connectivity index (χ2n) is 4.69. The first kappa shape index (κ1) is 13.7. The molecule has 0 radical (unpaired) electrons. The van der Waals surface area contributed by atoms with Crippen molar-refractivity contribution < 1.29 is 9.90 Å². The summed E-state index contributed by atoms with van der Waals surface area (Å²) in [7, 11) is 0. The number of rotatable bonds is 4. The van der Waals surface area contributed by atoms with Crippen LogP contribution < -0.4 is 5.73 Å². The first-order valence-electron chi connectivity index (χ1n) is 5.94. The van der Waals surface area contributed by atoms with Crippen LogP contribution in [-0.4, -0.2) is 11.1 Å². The number of carbonyl (C=O) groups is 1. The van der Waals surface area contributed by atoms with E-state index in [4.69, 9.17) is 10.8 Å². The molecule has 0 aliphatic carbocycles. The third kappa shape index (κ3) is 2.86. The molecule has 1 aromatic rings. The zero-order valence-electron chi connectivity index (χ0n) is 10.9. The number of hydrogen-bond donors (Lipinski definition) is 2. The summed E-state index contributed by atoms with van der Waals surface area (Å²) >= 11 is 0. The number of hydrogen-bond acceptors (Lipinski definition) is 2. The molecule has 1 aromatic carbocycles. The van der Waals surface area contributed by atoms with E-state index in [1.165, 1.54) is 5.56 Å². The van der Waals surface area contributed by atoms with Crippen molar-refractivity contribution in [3.05, 3.63) is 34.4 Å². The monoisotopic (exact) mass is 235 g/mol. The number of carboxylic acids is 1. The molecule has 0 saturated heterocycles. The van der Waals surface area contributed by atoms with Crippen molar-refractivity contribution in [3.63, 3.8) is 0 Å². The molecule has 3 nitrogen and oxygen atoms in total. The molecular weight excluding hydrogens is 214 g/mol. The van der Waals surface area contributed by atoms with Crippen LogP contribution in [0.5, 0.6) is 0 Å². The van der Waals surface area contributed by atoms with E-state index < -0.39 is 17.9 Å². The fourth-order valence-corrected chi connectivity index (χ4v) is 2.50. The summed E-state index contributed by atoms with van der Waals surface area (Å²) in [6, 6.07) is 3.67. The van der Waals surface area contributed by atoms with E-state index in [1.807, 2.05) is 27.7 Å². The topological polar surface area (TPSA) is 63.3 Å². The van der Waals surface area contributed by atoms with E-state index in [1.54, 1.807) is 0 Å². The van der Waals surface area contributed by atoms with Gasteiger partial charge in [-0.25, -0.2) is 0 Å². The number of aryl methyl sites for hydroxylation is 3. The Morgan fingerprint density at radius 1 is 1.29 bits per heavy atom. The van der Waals surface area contributed by atoms with Gasteiger partial charge in [-0.3, -0.25) is 4.79 Å². The summed E-state index contributed by atoms with van der Waals surface area (Å²) in [5, 5.41) is 9.16. The SMILES string of the molecule is CCC(C(=O)O)C(N)c1c(C)cc(C)cc1C. The predicted molar refractivity (Wildman–Crippen MR) is 69.0 cm³/mol. The van der Waals surface area contributed by atoms with Gasteiger partial charge in [0.1, 0.15) is 0 Å². The third-order valence-electron chi connectivity index (χ3n) is 3.26. The first-order chi connectivity index (χ1) is 7.88. The molecule has 0 aliphatic rings. The van der Waals surface area contributed by atoms with E-state index in [2.05, 4.69) is 12.1 Å². The van der Waals surface area contributed by atoms with Crippen molar-refractivity contribution in [2.45, 2.75) is 40.2 Å². The molecule has 0 heterocycles. The summed E-state index contributed by atoms with van der Waals surface area (Å²) in [5.41, 5.74) is 10.4. The molecule has 1 rings (SSSR count). The minimum atomic E-state index is -0.820. The lowest BCUT2D eigenvalue weighted by Crippen LogP contribution is -2.29. The quantitative estimate of drug-likeness (QED) is 0.843. The molecule has 2 unspecified atom stereocenters. The van der Waals surface area contributed by atoms with Crippen LogP contribution in [0.15, 0.2) is 12.1 Å². The second kappa shape index (κ2) is 5.32. The number of nitrogens with two attached hydrogens (primary N) is 1. The number of benzene rings is 1. The van der Waals surface area contributed by atoms with Gasteiger partial charge in [-0.2, -0.15) is 0 Å². The zero-order valence-corrected chi connectivity index (χ0v) is 10.9. The Balaban J connectivity index is 3.20. The van der Waals surface area contributed by atoms with Gasteiger partial charge in [0.05, 0.1) is 5.92 Å². The van der Waals surface area contributed by atoms with Gasteiger partial charge in [-0.15, -0.1) is 0 Å². The Bertz CT molecular complexity index is 403. The normalized spacial score (nSPS) is 14.4. The highest BCUT2D eigenvalue weighted by molar-refractivity contribution is 5.71. The van der Waals surface area contributed by atoms with Gasteiger partial charge in [-0.05, 0) is 43.9 Å². The van der Waals surface area contributed by atoms with Gasteiger partial charge in [0, 0.05) is 6.04 Å². The maximum Gasteiger partial charge on any atom is 0.308 e. The Morgan fingerprint density at radius 3 is 2.12 bits per heavy atom. The highest BCUT2D eigenvalue weighted by Gasteiger charge is 2.26. The molecular formula is C14H21NO2. The van der Waals surface area contributed by atoms with Crippen LogP contribution in [-0.2, 0) is 4.79 Å². The maximum absolute atomic E-state index is 11.2. The second-order valence-corrected chi connectivity index (χ2v) is 4.69. The van der Waals surface area contributed by atoms with E-state index >= 15 is 0 Å². The molecule has 17 heavy (non-hydrogen) atoms. The van der Waals surface area contributed by atoms with Crippen molar-refractivity contribution in [2.24, 2.45) is 11.7 Å². The molecule has 0 amide bonds. The zero-order chi connectivity index (χ0) is 13.2. The third-order valence-corrected chi connectivity index (χ3v) is 3.26. The molecule has 0 bridgehead atoms. The Hall–Kier alpha value is -1.35. The van der Waals surface area contributed by atoms with Gasteiger partial charge in [0.25, 0.3) is 0 Å². The summed E-state index contributed by atoms with van der Waals surface area (Å²) < 4.78 is 0. The van der Waals surface area contributed by atoms with Crippen LogP contribution in [0.1, 0.15) is 41.6 Å². The fourth-order valence-electron chi connectivity index (χ4n) is 2.50. The molecule has 3 heteroatoms. The van der Waals surface area contributed by atoms with Crippen LogP contribution in [0.2, 0.25) is 0 Å². The predicted octanol–water partition coefficient (Wildman–Crippen LogP) is 2.72. The lowest BCUT2D eigenvalue weighted by Gasteiger charge is -2.23. The minimum Gasteiger partial charge on any atom is -0.481 e. The molecule has 0 aromatic heterocycles. The lowest BCUT2D eigenvalue weighted by atomic mass is 9.86. The fraction of sp³-hybridized carbons (Fsp3) is 0.500. The van der Waals surface area contributed by atoms with Gasteiger partial charge < -0.3 is 10.8 Å². The van der Waals surface area contributed by atoms with Crippen molar-refractivity contribution in [1.82, 2.24) is 0 Å². The van der Waals surface area contributed by atoms with Crippen LogP contribution in [0.3, 0.4) is 0 Å². The highest BCUT2D eigenvalue weighted by atomic mass is 16.4. The van der Waals surface area contributed by atoms with E-state index in [0.717, 1.165) is 16.7 Å². The van der Waals surface area contributed by atoms with Gasteiger partial charge >= 0.3 is 5.97 Å². The van der Waals surface area contributed by atoms with Crippen LogP contribution in [0, 0.1) is 26.7 Å². The van der Waals surface area contributed by atoms with Crippen molar-refractivity contribution in [3.8, 4) is 0 Å². The summed E-state index contributed by atoms with van der Waals surface area (Å²) in [6.45, 7) is 7.87. The Labute approximate surface area is 103 Å². The van der Waals surface area contributed by atoms with Gasteiger partial charge in [0.15, 0.2) is 0 Å². The largest absolute Gasteiger partial charge is 0.481 e. The van der Waals surface area contributed by atoms with Crippen LogP contribution >= 0.6 is 0 Å². The summed E-state index contributed by atoms with van der Waals surface area (Å²) in [5.74, 6) is -1.34. The van der Waals surface area contributed by atoms with E-state index in [0.29, 0.717) is 6.42 Å². The average Bonchev–Trinajstić information content (AvgIpc) is 2.15. The molecule has 0 aliphatic heterocycles. The Kier molecular flexibility index (Phi) is 4.29. The first-order valence-corrected chi connectivity index (χ1v) is 5.94. The van der Waals surface area contributed by atoms with E-state index in [-0.39, 0.29) is 0 Å². The smallest absolute Gasteiger partial charge is 0.308 e. The summed E-state index contributed by atoms with van der Waals surface area (Å²) in [4.78, 5) is 11.2. The lowest BCUT2D eigenvalue weighted by molar-refractivity contribution is -0.142. The minimum absolute atomic E-state index is 0.432. The molecule has 3 N–H and O–H groups in total. The van der Waals surface area contributed by atoms with Crippen LogP contribution in [0.25, 0.3) is 0 Å². The van der Waals surface area contributed by atoms with Gasteiger partial charge in [0.2, 0.25) is 0 Å². The van der Waals surface area contributed by atoms with Crippen molar-refractivity contribution in [1.29, 1.82) is 0 Å². The molecule has 94 valence electrons. The standard InChI is InChI=1S/C14H21NO2/c1-5-11(14(16)17)13(15)12-9(3)6-8(2)7-10(12)4/h6-7,11,13H,5,15H2,1-4H3,(H,16,17). The van der Waals surface area contributed by atoms with Crippen LogP contribution in [0.4, 0.5) is 0 Å². The molecule has 0 fully saturated rings. The number of carboxylic acid groups (broad SMARTS) is 1. The maximum atomic E-state index is 11.2. The van der Waals surface area contributed by atoms with Crippen molar-refractivity contribution in [2.75, 3.05) is 0 Å². The molecule has 2 atom stereocenters. The van der Waals surface area contributed by atoms with E-state index in [9.17, 15) is 4.79 Å². The molecule has 0 saturated carbocycles. The molecule has 0 spiro atoms.